The smallest absolute Gasteiger partial charge is 0.203 e. The van der Waals surface area contributed by atoms with E-state index in [0.29, 0.717) is 10.8 Å². The van der Waals surface area contributed by atoms with Crippen LogP contribution in [0.1, 0.15) is 13.3 Å². The van der Waals surface area contributed by atoms with E-state index in [1.165, 1.54) is 12.1 Å². The molecule has 0 bridgehead atoms. The monoisotopic (exact) mass is 212 g/mol. The summed E-state index contributed by atoms with van der Waals surface area (Å²) in [7, 11) is 0. The number of fused-ring (bicyclic) bond motifs is 1. The number of imidazole rings is 1. The van der Waals surface area contributed by atoms with Gasteiger partial charge >= 0.3 is 0 Å². The van der Waals surface area contributed by atoms with Crippen LogP contribution >= 0.6 is 11.6 Å². The highest BCUT2D eigenvalue weighted by atomic mass is 35.5. The van der Waals surface area contributed by atoms with Gasteiger partial charge in [0.15, 0.2) is 0 Å². The van der Waals surface area contributed by atoms with Crippen LogP contribution in [-0.4, -0.2) is 9.55 Å². The van der Waals surface area contributed by atoms with E-state index in [0.717, 1.165) is 18.5 Å². The number of halogens is 2. The molecule has 4 heteroatoms. The van der Waals surface area contributed by atoms with E-state index >= 15 is 0 Å². The van der Waals surface area contributed by atoms with Gasteiger partial charge in [-0.15, -0.1) is 0 Å². The SMILES string of the molecule is CCCn1c(Cl)nc2cc(F)ccc21. The molecular weight excluding hydrogens is 203 g/mol. The highest BCUT2D eigenvalue weighted by Crippen LogP contribution is 2.20. The Morgan fingerprint density at radius 1 is 1.50 bits per heavy atom. The lowest BCUT2D eigenvalue weighted by Crippen LogP contribution is -1.95. The predicted molar refractivity (Wildman–Crippen MR) is 55.0 cm³/mol. The standard InChI is InChI=1S/C10H10ClFN2/c1-2-5-14-9-4-3-7(12)6-8(9)13-10(14)11/h3-4,6H,2,5H2,1H3. The average Bonchev–Trinajstić information content (AvgIpc) is 2.43. The zero-order chi connectivity index (χ0) is 10.1. The molecule has 0 radical (unpaired) electrons. The highest BCUT2D eigenvalue weighted by molar-refractivity contribution is 6.29. The van der Waals surface area contributed by atoms with Gasteiger partial charge in [-0.25, -0.2) is 9.37 Å². The molecule has 2 aromatic rings. The van der Waals surface area contributed by atoms with Gasteiger partial charge in [-0.1, -0.05) is 6.92 Å². The fourth-order valence-electron chi connectivity index (χ4n) is 1.51. The third-order valence-electron chi connectivity index (χ3n) is 2.11. The van der Waals surface area contributed by atoms with Crippen molar-refractivity contribution >= 4 is 22.6 Å². The Kier molecular flexibility index (Phi) is 2.42. The molecule has 14 heavy (non-hydrogen) atoms. The minimum absolute atomic E-state index is 0.282. The summed E-state index contributed by atoms with van der Waals surface area (Å²) in [6, 6.07) is 4.53. The maximum absolute atomic E-state index is 12.9. The molecule has 1 aromatic carbocycles. The molecule has 1 aromatic heterocycles. The van der Waals surface area contributed by atoms with E-state index in [-0.39, 0.29) is 5.82 Å². The van der Waals surface area contributed by atoms with Gasteiger partial charge in [0.1, 0.15) is 5.82 Å². The molecule has 0 aliphatic heterocycles. The second-order valence-corrected chi connectivity index (χ2v) is 3.50. The van der Waals surface area contributed by atoms with Crippen molar-refractivity contribution in [2.45, 2.75) is 19.9 Å². The van der Waals surface area contributed by atoms with Crippen molar-refractivity contribution in [1.82, 2.24) is 9.55 Å². The van der Waals surface area contributed by atoms with E-state index in [4.69, 9.17) is 11.6 Å². The van der Waals surface area contributed by atoms with E-state index in [9.17, 15) is 4.39 Å². The molecule has 0 aliphatic rings. The van der Waals surface area contributed by atoms with Crippen molar-refractivity contribution in [3.8, 4) is 0 Å². The van der Waals surface area contributed by atoms with E-state index in [1.54, 1.807) is 6.07 Å². The molecule has 0 saturated carbocycles. The van der Waals surface area contributed by atoms with Crippen molar-refractivity contribution in [3.63, 3.8) is 0 Å². The maximum Gasteiger partial charge on any atom is 0.203 e. The summed E-state index contributed by atoms with van der Waals surface area (Å²) in [5, 5.41) is 0.424. The van der Waals surface area contributed by atoms with Gasteiger partial charge in [-0.2, -0.15) is 0 Å². The molecule has 0 aliphatic carbocycles. The molecule has 0 spiro atoms. The first-order valence-corrected chi connectivity index (χ1v) is 4.91. The zero-order valence-electron chi connectivity index (χ0n) is 7.80. The van der Waals surface area contributed by atoms with Crippen LogP contribution in [0, 0.1) is 5.82 Å². The Balaban J connectivity index is 2.64. The number of benzene rings is 1. The molecule has 0 saturated heterocycles. The quantitative estimate of drug-likeness (QED) is 0.747. The molecule has 2 nitrogen and oxygen atoms in total. The van der Waals surface area contributed by atoms with Gasteiger partial charge in [-0.3, -0.25) is 0 Å². The van der Waals surface area contributed by atoms with E-state index < -0.39 is 0 Å². The van der Waals surface area contributed by atoms with Crippen molar-refractivity contribution in [1.29, 1.82) is 0 Å². The molecule has 0 N–H and O–H groups in total. The van der Waals surface area contributed by atoms with Gasteiger partial charge in [-0.05, 0) is 30.2 Å². The summed E-state index contributed by atoms with van der Waals surface area (Å²) in [5.74, 6) is -0.282. The second-order valence-electron chi connectivity index (χ2n) is 3.17. The second kappa shape index (κ2) is 3.58. The van der Waals surface area contributed by atoms with Gasteiger partial charge in [0, 0.05) is 12.6 Å². The lowest BCUT2D eigenvalue weighted by Gasteiger charge is -2.01. The largest absolute Gasteiger partial charge is 0.315 e. The third-order valence-corrected chi connectivity index (χ3v) is 2.40. The van der Waals surface area contributed by atoms with Gasteiger partial charge in [0.05, 0.1) is 11.0 Å². The van der Waals surface area contributed by atoms with Crippen molar-refractivity contribution in [3.05, 3.63) is 29.3 Å². The molecule has 2 rings (SSSR count). The molecule has 0 atom stereocenters. The first-order chi connectivity index (χ1) is 6.72. The van der Waals surface area contributed by atoms with Crippen molar-refractivity contribution in [2.24, 2.45) is 0 Å². The normalized spacial score (nSPS) is 11.1. The molecule has 1 heterocycles. The number of hydrogen-bond acceptors (Lipinski definition) is 1. The summed E-state index contributed by atoms with van der Waals surface area (Å²) in [5.41, 5.74) is 1.50. The molecule has 74 valence electrons. The van der Waals surface area contributed by atoms with Crippen LogP contribution in [0.3, 0.4) is 0 Å². The van der Waals surface area contributed by atoms with Gasteiger partial charge < -0.3 is 4.57 Å². The number of aryl methyl sites for hydroxylation is 1. The summed E-state index contributed by atoms with van der Waals surface area (Å²) in [6.07, 6.45) is 0.975. The van der Waals surface area contributed by atoms with Crippen LogP contribution in [0.2, 0.25) is 5.28 Å². The van der Waals surface area contributed by atoms with E-state index in [1.807, 2.05) is 4.57 Å². The number of nitrogens with zero attached hydrogens (tertiary/aromatic N) is 2. The average molecular weight is 213 g/mol. The zero-order valence-corrected chi connectivity index (χ0v) is 8.55. The Hall–Kier alpha value is -1.09. The Labute approximate surface area is 86.3 Å². The lowest BCUT2D eigenvalue weighted by atomic mass is 10.3. The molecule has 0 fully saturated rings. The summed E-state index contributed by atoms with van der Waals surface area (Å²) < 4.78 is 14.8. The third kappa shape index (κ3) is 1.48. The maximum atomic E-state index is 12.9. The fourth-order valence-corrected chi connectivity index (χ4v) is 1.78. The molecule has 0 amide bonds. The summed E-state index contributed by atoms with van der Waals surface area (Å²) >= 11 is 5.93. The summed E-state index contributed by atoms with van der Waals surface area (Å²) in [6.45, 7) is 2.87. The minimum atomic E-state index is -0.282. The number of hydrogen-bond donors (Lipinski definition) is 0. The Bertz CT molecular complexity index is 464. The van der Waals surface area contributed by atoms with E-state index in [2.05, 4.69) is 11.9 Å². The Morgan fingerprint density at radius 3 is 3.00 bits per heavy atom. The molecular formula is C10H10ClFN2. The van der Waals surface area contributed by atoms with Crippen LogP contribution in [0.5, 0.6) is 0 Å². The van der Waals surface area contributed by atoms with Gasteiger partial charge in [0.2, 0.25) is 5.28 Å². The van der Waals surface area contributed by atoms with Crippen LogP contribution < -0.4 is 0 Å². The number of rotatable bonds is 2. The lowest BCUT2D eigenvalue weighted by molar-refractivity contribution is 0.629. The Morgan fingerprint density at radius 2 is 2.29 bits per heavy atom. The van der Waals surface area contributed by atoms with Crippen LogP contribution in [0.25, 0.3) is 11.0 Å². The fraction of sp³-hybridized carbons (Fsp3) is 0.300. The topological polar surface area (TPSA) is 17.8 Å². The van der Waals surface area contributed by atoms with Crippen LogP contribution in [0.4, 0.5) is 4.39 Å². The summed E-state index contributed by atoms with van der Waals surface area (Å²) in [4.78, 5) is 4.08. The number of aromatic nitrogens is 2. The predicted octanol–water partition coefficient (Wildman–Crippen LogP) is 3.24. The van der Waals surface area contributed by atoms with Crippen LogP contribution in [-0.2, 0) is 6.54 Å². The van der Waals surface area contributed by atoms with Crippen molar-refractivity contribution < 1.29 is 4.39 Å². The van der Waals surface area contributed by atoms with Crippen molar-refractivity contribution in [2.75, 3.05) is 0 Å². The van der Waals surface area contributed by atoms with Crippen LogP contribution in [0.15, 0.2) is 18.2 Å². The highest BCUT2D eigenvalue weighted by Gasteiger charge is 2.08. The first kappa shape index (κ1) is 9.46. The minimum Gasteiger partial charge on any atom is -0.315 e. The van der Waals surface area contributed by atoms with Gasteiger partial charge in [0.25, 0.3) is 0 Å². The molecule has 0 unspecified atom stereocenters. The first-order valence-electron chi connectivity index (χ1n) is 4.53.